The summed E-state index contributed by atoms with van der Waals surface area (Å²) in [6.07, 6.45) is -5.79. The molecule has 0 unspecified atom stereocenters. The quantitative estimate of drug-likeness (QED) is 0.910. The van der Waals surface area contributed by atoms with Crippen LogP contribution in [-0.4, -0.2) is 36.6 Å². The number of halogens is 4. The van der Waals surface area contributed by atoms with Crippen LogP contribution in [0.3, 0.4) is 0 Å². The average molecular weight is 349 g/mol. The Morgan fingerprint density at radius 1 is 1.22 bits per heavy atom. The third-order valence-corrected chi connectivity index (χ3v) is 4.65. The van der Waals surface area contributed by atoms with Crippen molar-refractivity contribution in [2.75, 3.05) is 19.6 Å². The highest BCUT2D eigenvalue weighted by atomic mass is 35.5. The molecule has 3 nitrogen and oxygen atoms in total. The molecule has 0 aliphatic carbocycles. The summed E-state index contributed by atoms with van der Waals surface area (Å²) in [6.45, 7) is 2.19. The molecule has 0 aromatic heterocycles. The van der Waals surface area contributed by atoms with E-state index in [1.165, 1.54) is 0 Å². The van der Waals surface area contributed by atoms with Crippen molar-refractivity contribution in [2.24, 2.45) is 11.8 Å². The van der Waals surface area contributed by atoms with E-state index < -0.39 is 19.0 Å². The van der Waals surface area contributed by atoms with Crippen molar-refractivity contribution in [3.63, 3.8) is 0 Å². The largest absolute Gasteiger partial charge is 0.389 e. The summed E-state index contributed by atoms with van der Waals surface area (Å²) < 4.78 is 37.1. The Bertz CT molecular complexity index is 538. The van der Waals surface area contributed by atoms with Gasteiger partial charge in [0.15, 0.2) is 0 Å². The Labute approximate surface area is 139 Å². The molecule has 2 fully saturated rings. The van der Waals surface area contributed by atoms with Crippen LogP contribution in [0.1, 0.15) is 24.4 Å². The number of rotatable bonds is 3. The molecule has 2 saturated heterocycles. The van der Waals surface area contributed by atoms with E-state index in [1.807, 2.05) is 30.3 Å². The van der Waals surface area contributed by atoms with Crippen molar-refractivity contribution >= 4 is 18.3 Å². The molecule has 0 bridgehead atoms. The summed E-state index contributed by atoms with van der Waals surface area (Å²) in [7, 11) is 0. The van der Waals surface area contributed by atoms with Crippen LogP contribution in [0, 0.1) is 11.8 Å². The molecule has 2 aliphatic heterocycles. The molecule has 0 spiro atoms. The van der Waals surface area contributed by atoms with Crippen LogP contribution >= 0.6 is 12.4 Å². The lowest BCUT2D eigenvalue weighted by Gasteiger charge is -2.28. The van der Waals surface area contributed by atoms with Crippen LogP contribution in [0.25, 0.3) is 0 Å². The van der Waals surface area contributed by atoms with Crippen molar-refractivity contribution in [2.45, 2.75) is 25.1 Å². The second-order valence-corrected chi connectivity index (χ2v) is 6.10. The fraction of sp³-hybridized carbons (Fsp3) is 0.562. The predicted octanol–water partition coefficient (Wildman–Crippen LogP) is 3.17. The van der Waals surface area contributed by atoms with Gasteiger partial charge in [0.1, 0.15) is 0 Å². The monoisotopic (exact) mass is 348 g/mol. The number of likely N-dealkylation sites (tertiary alicyclic amines) is 1. The molecule has 2 heterocycles. The topological polar surface area (TPSA) is 32.3 Å². The van der Waals surface area contributed by atoms with Crippen LogP contribution in [0.2, 0.25) is 0 Å². The van der Waals surface area contributed by atoms with E-state index >= 15 is 0 Å². The molecule has 0 saturated carbocycles. The maximum Gasteiger partial charge on any atom is 0.389 e. The minimum Gasteiger partial charge on any atom is -0.335 e. The Morgan fingerprint density at radius 3 is 2.57 bits per heavy atom. The van der Waals surface area contributed by atoms with Gasteiger partial charge in [0, 0.05) is 32.0 Å². The van der Waals surface area contributed by atoms with Gasteiger partial charge in [-0.25, -0.2) is 0 Å². The van der Waals surface area contributed by atoms with Crippen LogP contribution in [0.5, 0.6) is 0 Å². The van der Waals surface area contributed by atoms with Crippen molar-refractivity contribution in [1.82, 2.24) is 10.2 Å². The molecule has 0 radical (unpaired) electrons. The molecular weight excluding hydrogens is 329 g/mol. The first-order valence-electron chi connectivity index (χ1n) is 7.57. The van der Waals surface area contributed by atoms with E-state index in [1.54, 1.807) is 4.90 Å². The van der Waals surface area contributed by atoms with Gasteiger partial charge in [-0.2, -0.15) is 13.2 Å². The van der Waals surface area contributed by atoms with E-state index in [2.05, 4.69) is 5.32 Å². The summed E-state index contributed by atoms with van der Waals surface area (Å²) in [6, 6.07) is 9.51. The lowest BCUT2D eigenvalue weighted by molar-refractivity contribution is -0.149. The molecule has 1 aromatic rings. The molecule has 1 aromatic carbocycles. The normalized spacial score (nSPS) is 26.7. The fourth-order valence-corrected chi connectivity index (χ4v) is 3.65. The SMILES string of the molecule is Cl.O=C(CCC(F)(F)F)N1C[C@@H]2CNC[C@@H]2[C@H]1c1ccccc1. The minimum atomic E-state index is -4.28. The molecular formula is C16H20ClF3N2O. The van der Waals surface area contributed by atoms with Crippen LogP contribution < -0.4 is 5.32 Å². The molecule has 2 aliphatic rings. The zero-order valence-electron chi connectivity index (χ0n) is 12.6. The number of nitrogens with zero attached hydrogens (tertiary/aromatic N) is 1. The number of hydrogen-bond donors (Lipinski definition) is 1. The fourth-order valence-electron chi connectivity index (χ4n) is 3.65. The molecule has 128 valence electrons. The second-order valence-electron chi connectivity index (χ2n) is 6.10. The van der Waals surface area contributed by atoms with Crippen LogP contribution in [0.4, 0.5) is 13.2 Å². The number of benzene rings is 1. The Balaban J connectivity index is 0.00000192. The first kappa shape index (κ1) is 18.1. The maximum absolute atomic E-state index is 12.4. The molecule has 7 heteroatoms. The Hall–Kier alpha value is -1.27. The zero-order chi connectivity index (χ0) is 15.7. The molecule has 3 rings (SSSR count). The summed E-state index contributed by atoms with van der Waals surface area (Å²) in [5.41, 5.74) is 1.01. The van der Waals surface area contributed by atoms with Gasteiger partial charge in [0.25, 0.3) is 0 Å². The lowest BCUT2D eigenvalue weighted by Crippen LogP contribution is -2.35. The Morgan fingerprint density at radius 2 is 1.91 bits per heavy atom. The summed E-state index contributed by atoms with van der Waals surface area (Å²) >= 11 is 0. The highest BCUT2D eigenvalue weighted by Crippen LogP contribution is 2.43. The number of carbonyl (C=O) groups is 1. The highest BCUT2D eigenvalue weighted by molar-refractivity contribution is 5.85. The predicted molar refractivity (Wildman–Crippen MR) is 83.3 cm³/mol. The number of nitrogens with one attached hydrogen (secondary N) is 1. The standard InChI is InChI=1S/C16H19F3N2O.ClH/c17-16(18,19)7-6-14(22)21-10-12-8-20-9-13(12)15(21)11-4-2-1-3-5-11;/h1-5,12-13,15,20H,6-10H2;1H/t12-,13-,15+;/m0./s1. The first-order valence-corrected chi connectivity index (χ1v) is 7.57. The van der Waals surface area contributed by atoms with Gasteiger partial charge in [0.05, 0.1) is 12.5 Å². The third-order valence-electron chi connectivity index (χ3n) is 4.65. The summed E-state index contributed by atoms with van der Waals surface area (Å²) in [5, 5.41) is 3.32. The van der Waals surface area contributed by atoms with Gasteiger partial charge in [-0.3, -0.25) is 4.79 Å². The number of fused-ring (bicyclic) bond motifs is 1. The summed E-state index contributed by atoms with van der Waals surface area (Å²) in [4.78, 5) is 14.0. The van der Waals surface area contributed by atoms with Gasteiger partial charge in [-0.1, -0.05) is 30.3 Å². The van der Waals surface area contributed by atoms with Crippen LogP contribution in [-0.2, 0) is 4.79 Å². The van der Waals surface area contributed by atoms with Crippen molar-refractivity contribution in [3.05, 3.63) is 35.9 Å². The van der Waals surface area contributed by atoms with Gasteiger partial charge in [-0.05, 0) is 11.5 Å². The van der Waals surface area contributed by atoms with E-state index in [-0.39, 0.29) is 30.3 Å². The average Bonchev–Trinajstić information content (AvgIpc) is 3.05. The Kier molecular flexibility index (Phi) is 5.57. The second kappa shape index (κ2) is 7.09. The van der Waals surface area contributed by atoms with Crippen molar-refractivity contribution < 1.29 is 18.0 Å². The number of hydrogen-bond acceptors (Lipinski definition) is 2. The maximum atomic E-state index is 12.4. The van der Waals surface area contributed by atoms with Gasteiger partial charge in [0.2, 0.25) is 5.91 Å². The molecule has 23 heavy (non-hydrogen) atoms. The number of amides is 1. The smallest absolute Gasteiger partial charge is 0.335 e. The van der Waals surface area contributed by atoms with Crippen LogP contribution in [0.15, 0.2) is 30.3 Å². The van der Waals surface area contributed by atoms with Gasteiger partial charge < -0.3 is 10.2 Å². The van der Waals surface area contributed by atoms with E-state index in [9.17, 15) is 18.0 Å². The minimum absolute atomic E-state index is 0. The summed E-state index contributed by atoms with van der Waals surface area (Å²) in [5.74, 6) is 0.234. The third kappa shape index (κ3) is 3.98. The van der Waals surface area contributed by atoms with Crippen molar-refractivity contribution in [1.29, 1.82) is 0 Å². The van der Waals surface area contributed by atoms with E-state index in [0.717, 1.165) is 18.7 Å². The lowest BCUT2D eigenvalue weighted by atomic mass is 9.89. The zero-order valence-corrected chi connectivity index (χ0v) is 13.4. The molecule has 1 amide bonds. The first-order chi connectivity index (χ1) is 10.5. The molecule has 3 atom stereocenters. The molecule has 1 N–H and O–H groups in total. The van der Waals surface area contributed by atoms with E-state index in [0.29, 0.717) is 12.5 Å². The highest BCUT2D eigenvalue weighted by Gasteiger charge is 2.46. The van der Waals surface area contributed by atoms with Crippen molar-refractivity contribution in [3.8, 4) is 0 Å². The van der Waals surface area contributed by atoms with E-state index in [4.69, 9.17) is 0 Å². The number of carbonyl (C=O) groups excluding carboxylic acids is 1. The van der Waals surface area contributed by atoms with Gasteiger partial charge >= 0.3 is 6.18 Å². The van der Waals surface area contributed by atoms with Gasteiger partial charge in [-0.15, -0.1) is 12.4 Å². The number of alkyl halides is 3.